The summed E-state index contributed by atoms with van der Waals surface area (Å²) in [5, 5.41) is 22.5. The van der Waals surface area contributed by atoms with Gasteiger partial charge in [0.15, 0.2) is 5.82 Å². The summed E-state index contributed by atoms with van der Waals surface area (Å²) in [5.41, 5.74) is 9.05. The highest BCUT2D eigenvalue weighted by molar-refractivity contribution is 5.92. The highest BCUT2D eigenvalue weighted by Gasteiger charge is 2.30. The van der Waals surface area contributed by atoms with Crippen molar-refractivity contribution in [2.75, 3.05) is 13.7 Å². The van der Waals surface area contributed by atoms with Gasteiger partial charge in [-0.2, -0.15) is 0 Å². The van der Waals surface area contributed by atoms with Gasteiger partial charge in [-0.25, -0.2) is 9.67 Å². The monoisotopic (exact) mass is 503 g/mol. The van der Waals surface area contributed by atoms with E-state index < -0.39 is 11.5 Å². The topological polar surface area (TPSA) is 134 Å². The summed E-state index contributed by atoms with van der Waals surface area (Å²) in [4.78, 5) is 16.9. The number of benzene rings is 2. The average Bonchev–Trinajstić information content (AvgIpc) is 3.48. The molecular formula is C27H33N7O3. The molecule has 0 aliphatic heterocycles. The van der Waals surface area contributed by atoms with Crippen LogP contribution in [0.2, 0.25) is 0 Å². The molecule has 0 fully saturated rings. The van der Waals surface area contributed by atoms with Gasteiger partial charge in [0.2, 0.25) is 0 Å². The summed E-state index contributed by atoms with van der Waals surface area (Å²) in [6.45, 7) is 6.81. The first-order valence-corrected chi connectivity index (χ1v) is 12.3. The summed E-state index contributed by atoms with van der Waals surface area (Å²) in [7, 11) is 1.65. The Labute approximate surface area is 216 Å². The molecule has 10 heteroatoms. The second-order valence-electron chi connectivity index (χ2n) is 9.48. The summed E-state index contributed by atoms with van der Waals surface area (Å²) in [6, 6.07) is 16.2. The number of tetrazole rings is 1. The molecule has 10 nitrogen and oxygen atoms in total. The first kappa shape index (κ1) is 26.2. The largest absolute Gasteiger partial charge is 0.384 e. The molecule has 2 heterocycles. The number of ether oxygens (including phenoxy) is 1. The number of aromatic nitrogens is 6. The number of imidazole rings is 1. The zero-order valence-electron chi connectivity index (χ0n) is 21.7. The first-order chi connectivity index (χ1) is 17.7. The van der Waals surface area contributed by atoms with Crippen LogP contribution in [-0.2, 0) is 29.8 Å². The fourth-order valence-corrected chi connectivity index (χ4v) is 4.30. The lowest BCUT2D eigenvalue weighted by molar-refractivity contribution is 0.0711. The molecule has 3 N–H and O–H groups in total. The molecule has 2 aromatic heterocycles. The number of hydrogen-bond acceptors (Lipinski definition) is 7. The maximum Gasteiger partial charge on any atom is 0.267 e. The molecule has 0 saturated heterocycles. The van der Waals surface area contributed by atoms with Crippen molar-refractivity contribution in [3.05, 3.63) is 71.3 Å². The van der Waals surface area contributed by atoms with E-state index in [1.54, 1.807) is 25.6 Å². The summed E-state index contributed by atoms with van der Waals surface area (Å²) >= 11 is 0. The number of carbonyl (C=O) groups excluding carboxylic acids is 1. The van der Waals surface area contributed by atoms with Crippen LogP contribution in [0.3, 0.4) is 0 Å². The number of amides is 1. The SMILES string of the molecule is CCCc1nc(C(C)(C)O)c(C(N)=O)n1Cc1ccc(-c2ccc(-c3nnnn3CCOC)cc2)cc1. The highest BCUT2D eigenvalue weighted by Crippen LogP contribution is 2.27. The maximum absolute atomic E-state index is 12.4. The van der Waals surface area contributed by atoms with Crippen LogP contribution in [0.5, 0.6) is 0 Å². The zero-order chi connectivity index (χ0) is 26.6. The Kier molecular flexibility index (Phi) is 7.80. The van der Waals surface area contributed by atoms with E-state index >= 15 is 0 Å². The van der Waals surface area contributed by atoms with Crippen molar-refractivity contribution in [3.8, 4) is 22.5 Å². The third kappa shape index (κ3) is 5.76. The van der Waals surface area contributed by atoms with Crippen LogP contribution in [0.25, 0.3) is 22.5 Å². The van der Waals surface area contributed by atoms with Gasteiger partial charge in [0.1, 0.15) is 22.8 Å². The molecule has 0 unspecified atom stereocenters. The Morgan fingerprint density at radius 3 is 2.24 bits per heavy atom. The van der Waals surface area contributed by atoms with Crippen molar-refractivity contribution >= 4 is 5.91 Å². The van der Waals surface area contributed by atoms with Gasteiger partial charge in [-0.3, -0.25) is 4.79 Å². The van der Waals surface area contributed by atoms with E-state index in [9.17, 15) is 9.90 Å². The Balaban J connectivity index is 1.57. The smallest absolute Gasteiger partial charge is 0.267 e. The number of aryl methyl sites for hydroxylation is 1. The molecule has 4 rings (SSSR count). The van der Waals surface area contributed by atoms with Gasteiger partial charge in [0.05, 0.1) is 13.2 Å². The van der Waals surface area contributed by atoms with Gasteiger partial charge >= 0.3 is 0 Å². The van der Waals surface area contributed by atoms with E-state index in [1.165, 1.54) is 0 Å². The summed E-state index contributed by atoms with van der Waals surface area (Å²) < 4.78 is 8.68. The molecule has 0 atom stereocenters. The quantitative estimate of drug-likeness (QED) is 0.321. The number of methoxy groups -OCH3 is 1. The van der Waals surface area contributed by atoms with E-state index in [1.807, 2.05) is 60.0 Å². The van der Waals surface area contributed by atoms with E-state index in [4.69, 9.17) is 10.5 Å². The molecule has 2 aromatic carbocycles. The molecule has 0 aliphatic rings. The Morgan fingerprint density at radius 2 is 1.68 bits per heavy atom. The van der Waals surface area contributed by atoms with E-state index in [-0.39, 0.29) is 5.69 Å². The van der Waals surface area contributed by atoms with Gasteiger partial charge in [0.25, 0.3) is 5.91 Å². The fourth-order valence-electron chi connectivity index (χ4n) is 4.30. The summed E-state index contributed by atoms with van der Waals surface area (Å²) in [5.74, 6) is 0.829. The number of rotatable bonds is 11. The van der Waals surface area contributed by atoms with Crippen molar-refractivity contribution in [1.82, 2.24) is 29.8 Å². The third-order valence-corrected chi connectivity index (χ3v) is 6.14. The molecular weight excluding hydrogens is 470 g/mol. The van der Waals surface area contributed by atoms with Crippen LogP contribution < -0.4 is 5.73 Å². The normalized spacial score (nSPS) is 11.7. The van der Waals surface area contributed by atoms with Crippen LogP contribution in [0.1, 0.15) is 54.8 Å². The molecule has 0 bridgehead atoms. The van der Waals surface area contributed by atoms with Crippen LogP contribution in [0, 0.1) is 0 Å². The standard InChI is InChI=1S/C27H33N7O3/c1-5-6-22-29-24(27(2,3)36)23(25(28)35)33(22)17-18-7-9-19(10-8-18)20-11-13-21(14-12-20)26-30-31-32-34(26)15-16-37-4/h7-14,36H,5-6,15-17H2,1-4H3,(H2,28,35). The van der Waals surface area contributed by atoms with Crippen molar-refractivity contribution in [1.29, 1.82) is 0 Å². The van der Waals surface area contributed by atoms with Crippen molar-refractivity contribution in [3.63, 3.8) is 0 Å². The lowest BCUT2D eigenvalue weighted by Crippen LogP contribution is -2.25. The number of aliphatic hydroxyl groups is 1. The number of carbonyl (C=O) groups is 1. The molecule has 0 aliphatic carbocycles. The summed E-state index contributed by atoms with van der Waals surface area (Å²) in [6.07, 6.45) is 1.53. The van der Waals surface area contributed by atoms with Crippen molar-refractivity contribution < 1.29 is 14.6 Å². The van der Waals surface area contributed by atoms with E-state index in [0.29, 0.717) is 37.6 Å². The predicted octanol–water partition coefficient (Wildman–Crippen LogP) is 3.18. The van der Waals surface area contributed by atoms with Gasteiger partial charge in [0, 0.05) is 25.6 Å². The Hall–Kier alpha value is -3.89. The van der Waals surface area contributed by atoms with Gasteiger partial charge in [-0.05, 0) is 47.4 Å². The highest BCUT2D eigenvalue weighted by atomic mass is 16.5. The zero-order valence-corrected chi connectivity index (χ0v) is 21.7. The minimum Gasteiger partial charge on any atom is -0.384 e. The predicted molar refractivity (Wildman–Crippen MR) is 140 cm³/mol. The van der Waals surface area contributed by atoms with Gasteiger partial charge < -0.3 is 20.1 Å². The number of primary amides is 1. The fraction of sp³-hybridized carbons (Fsp3) is 0.370. The minimum absolute atomic E-state index is 0.253. The molecule has 194 valence electrons. The van der Waals surface area contributed by atoms with Crippen molar-refractivity contribution in [2.24, 2.45) is 5.73 Å². The average molecular weight is 504 g/mol. The van der Waals surface area contributed by atoms with E-state index in [2.05, 4.69) is 20.5 Å². The number of nitrogens with zero attached hydrogens (tertiary/aromatic N) is 6. The lowest BCUT2D eigenvalue weighted by atomic mass is 10.0. The Morgan fingerprint density at radius 1 is 1.05 bits per heavy atom. The van der Waals surface area contributed by atoms with Crippen LogP contribution in [0.4, 0.5) is 0 Å². The minimum atomic E-state index is -1.28. The molecule has 0 saturated carbocycles. The Bertz CT molecular complexity index is 1350. The maximum atomic E-state index is 12.4. The second kappa shape index (κ2) is 11.0. The number of nitrogens with two attached hydrogens (primary N) is 1. The van der Waals surface area contributed by atoms with Crippen LogP contribution in [0.15, 0.2) is 48.5 Å². The molecule has 1 amide bonds. The lowest BCUT2D eigenvalue weighted by Gasteiger charge is -2.16. The van der Waals surface area contributed by atoms with Gasteiger partial charge in [-0.1, -0.05) is 55.5 Å². The third-order valence-electron chi connectivity index (χ3n) is 6.14. The van der Waals surface area contributed by atoms with Gasteiger partial charge in [-0.15, -0.1) is 5.10 Å². The number of hydrogen-bond donors (Lipinski definition) is 2. The first-order valence-electron chi connectivity index (χ1n) is 12.3. The molecule has 4 aromatic rings. The van der Waals surface area contributed by atoms with Crippen LogP contribution >= 0.6 is 0 Å². The molecule has 0 radical (unpaired) electrons. The van der Waals surface area contributed by atoms with Crippen molar-refractivity contribution in [2.45, 2.75) is 52.3 Å². The molecule has 0 spiro atoms. The van der Waals surface area contributed by atoms with E-state index in [0.717, 1.165) is 34.5 Å². The van der Waals surface area contributed by atoms with Crippen LogP contribution in [-0.4, -0.2) is 54.5 Å². The molecule has 37 heavy (non-hydrogen) atoms. The second-order valence-corrected chi connectivity index (χ2v) is 9.48.